The average molecular weight is 400 g/mol. The quantitative estimate of drug-likeness (QED) is 0.739. The van der Waals surface area contributed by atoms with Gasteiger partial charge in [0.05, 0.1) is 27.7 Å². The summed E-state index contributed by atoms with van der Waals surface area (Å²) in [6, 6.07) is 8.13. The number of thiazole rings is 1. The molecule has 7 heteroatoms. The molecule has 1 aromatic carbocycles. The second kappa shape index (κ2) is 8.31. The largest absolute Gasteiger partial charge is 0.450 e. The Morgan fingerprint density at radius 1 is 1.11 bits per heavy atom. The molecule has 0 N–H and O–H groups in total. The van der Waals surface area contributed by atoms with Crippen LogP contribution in [-0.2, 0) is 9.53 Å². The Hall–Kier alpha value is -2.41. The van der Waals surface area contributed by atoms with Gasteiger partial charge in [0.2, 0.25) is 5.91 Å². The molecule has 0 saturated carbocycles. The number of nitrogens with zero attached hydrogens (tertiary/aromatic N) is 3. The van der Waals surface area contributed by atoms with E-state index in [2.05, 4.69) is 18.2 Å². The van der Waals surface area contributed by atoms with Crippen LogP contribution in [0.3, 0.4) is 0 Å². The van der Waals surface area contributed by atoms with Crippen molar-refractivity contribution < 1.29 is 14.3 Å². The summed E-state index contributed by atoms with van der Waals surface area (Å²) in [5, 5.41) is 1.05. The van der Waals surface area contributed by atoms with Gasteiger partial charge in [0.25, 0.3) is 0 Å². The van der Waals surface area contributed by atoms with Crippen molar-refractivity contribution in [1.29, 1.82) is 0 Å². The third kappa shape index (κ3) is 3.76. The van der Waals surface area contributed by atoms with Crippen molar-refractivity contribution in [3.63, 3.8) is 0 Å². The minimum atomic E-state index is -0.289. The van der Waals surface area contributed by atoms with E-state index in [0.717, 1.165) is 23.4 Å². The molecular weight excluding hydrogens is 374 g/mol. The molecule has 148 valence electrons. The maximum absolute atomic E-state index is 13.3. The molecule has 0 bridgehead atoms. The highest BCUT2D eigenvalue weighted by Crippen LogP contribution is 2.39. The van der Waals surface area contributed by atoms with E-state index in [-0.39, 0.29) is 23.8 Å². The maximum atomic E-state index is 13.3. The van der Waals surface area contributed by atoms with Crippen LogP contribution in [0.25, 0.3) is 10.2 Å². The zero-order chi connectivity index (χ0) is 19.5. The van der Waals surface area contributed by atoms with Crippen LogP contribution in [0, 0.1) is 5.92 Å². The smallest absolute Gasteiger partial charge is 0.409 e. The van der Waals surface area contributed by atoms with E-state index in [1.54, 1.807) is 23.2 Å². The first-order chi connectivity index (χ1) is 13.7. The highest BCUT2D eigenvalue weighted by Gasteiger charge is 2.36. The molecule has 0 spiro atoms. The number of benzene rings is 1. The molecule has 2 heterocycles. The molecule has 1 aromatic heterocycles. The topological polar surface area (TPSA) is 62.7 Å². The fourth-order valence-corrected chi connectivity index (χ4v) is 5.11. The van der Waals surface area contributed by atoms with E-state index in [1.165, 1.54) is 4.70 Å². The molecule has 6 nitrogen and oxygen atoms in total. The summed E-state index contributed by atoms with van der Waals surface area (Å²) in [5.74, 6) is 0.217. The summed E-state index contributed by atoms with van der Waals surface area (Å²) in [6.45, 7) is 4.35. The second-order valence-electron chi connectivity index (χ2n) is 7.19. The summed E-state index contributed by atoms with van der Waals surface area (Å²) in [6.07, 6.45) is 5.58. The van der Waals surface area contributed by atoms with E-state index in [1.807, 2.05) is 23.1 Å². The first-order valence-electron chi connectivity index (χ1n) is 9.88. The third-order valence-corrected chi connectivity index (χ3v) is 6.66. The van der Waals surface area contributed by atoms with E-state index < -0.39 is 0 Å². The molecule has 1 aliphatic heterocycles. The van der Waals surface area contributed by atoms with E-state index >= 15 is 0 Å². The first-order valence-corrected chi connectivity index (χ1v) is 10.7. The van der Waals surface area contributed by atoms with Crippen LogP contribution in [0.2, 0.25) is 0 Å². The van der Waals surface area contributed by atoms with Gasteiger partial charge in [-0.25, -0.2) is 9.78 Å². The van der Waals surface area contributed by atoms with Crippen LogP contribution in [0.4, 0.5) is 4.79 Å². The summed E-state index contributed by atoms with van der Waals surface area (Å²) in [5.41, 5.74) is 1.01. The number of carbonyl (C=O) groups excluding carboxylic acids is 2. The molecule has 1 saturated heterocycles. The first kappa shape index (κ1) is 18.9. The van der Waals surface area contributed by atoms with Gasteiger partial charge in [-0.1, -0.05) is 24.3 Å². The lowest BCUT2D eigenvalue weighted by atomic mass is 9.82. The Morgan fingerprint density at radius 2 is 1.82 bits per heavy atom. The van der Waals surface area contributed by atoms with Gasteiger partial charge >= 0.3 is 6.09 Å². The van der Waals surface area contributed by atoms with Crippen LogP contribution < -0.4 is 0 Å². The number of para-hydroxylation sites is 1. The zero-order valence-corrected chi connectivity index (χ0v) is 16.9. The summed E-state index contributed by atoms with van der Waals surface area (Å²) < 4.78 is 6.23. The Labute approximate surface area is 168 Å². The number of piperazine rings is 1. The van der Waals surface area contributed by atoms with Crippen molar-refractivity contribution in [3.8, 4) is 0 Å². The fourth-order valence-electron chi connectivity index (χ4n) is 3.97. The van der Waals surface area contributed by atoms with Crippen LogP contribution in [0.15, 0.2) is 36.4 Å². The van der Waals surface area contributed by atoms with Crippen molar-refractivity contribution in [1.82, 2.24) is 14.8 Å². The number of carbonyl (C=O) groups is 2. The van der Waals surface area contributed by atoms with Gasteiger partial charge in [-0.2, -0.15) is 0 Å². The lowest BCUT2D eigenvalue weighted by Crippen LogP contribution is -2.52. The molecule has 1 aliphatic carbocycles. The predicted octanol–water partition coefficient (Wildman–Crippen LogP) is 3.65. The number of aromatic nitrogens is 1. The molecule has 28 heavy (non-hydrogen) atoms. The van der Waals surface area contributed by atoms with Gasteiger partial charge in [0, 0.05) is 32.1 Å². The highest BCUT2D eigenvalue weighted by atomic mass is 32.1. The second-order valence-corrected chi connectivity index (χ2v) is 8.25. The van der Waals surface area contributed by atoms with Gasteiger partial charge in [-0.15, -0.1) is 11.3 Å². The van der Waals surface area contributed by atoms with Crippen LogP contribution in [0.5, 0.6) is 0 Å². The molecule has 2 aromatic rings. The molecule has 2 atom stereocenters. The van der Waals surface area contributed by atoms with E-state index in [9.17, 15) is 9.59 Å². The lowest BCUT2D eigenvalue weighted by molar-refractivity contribution is -0.138. The summed E-state index contributed by atoms with van der Waals surface area (Å²) in [7, 11) is 0. The zero-order valence-electron chi connectivity index (χ0n) is 16.0. The lowest BCUT2D eigenvalue weighted by Gasteiger charge is -2.37. The van der Waals surface area contributed by atoms with Crippen LogP contribution >= 0.6 is 11.3 Å². The molecule has 4 rings (SSSR count). The van der Waals surface area contributed by atoms with Crippen LogP contribution in [0.1, 0.15) is 30.7 Å². The molecule has 2 aliphatic rings. The summed E-state index contributed by atoms with van der Waals surface area (Å²) >= 11 is 1.70. The molecule has 1 fully saturated rings. The molecule has 0 radical (unpaired) electrons. The van der Waals surface area contributed by atoms with Crippen molar-refractivity contribution in [2.75, 3.05) is 32.8 Å². The van der Waals surface area contributed by atoms with E-state index in [0.29, 0.717) is 32.8 Å². The number of hydrogen-bond donors (Lipinski definition) is 0. The standard InChI is InChI=1S/C21H25N3O3S/c1-2-27-21(26)24-13-11-23(12-14-24)20(25)16-8-4-3-7-15(16)19-22-17-9-5-6-10-18(17)28-19/h3-6,9-10,15-16H,2,7-8,11-14H2,1H3/t15-,16-/m1/s1. The van der Waals surface area contributed by atoms with E-state index in [4.69, 9.17) is 9.72 Å². The average Bonchev–Trinajstić information content (AvgIpc) is 3.18. The third-order valence-electron chi connectivity index (χ3n) is 5.49. The summed E-state index contributed by atoms with van der Waals surface area (Å²) in [4.78, 5) is 33.6. The number of allylic oxidation sites excluding steroid dienone is 2. The van der Waals surface area contributed by atoms with Crippen molar-refractivity contribution in [2.24, 2.45) is 5.92 Å². The number of fused-ring (bicyclic) bond motifs is 1. The van der Waals surface area contributed by atoms with Crippen molar-refractivity contribution >= 4 is 33.6 Å². The number of ether oxygens (including phenoxy) is 1. The van der Waals surface area contributed by atoms with Gasteiger partial charge in [-0.3, -0.25) is 4.79 Å². The van der Waals surface area contributed by atoms with Gasteiger partial charge in [-0.05, 0) is 31.9 Å². The van der Waals surface area contributed by atoms with Crippen molar-refractivity contribution in [3.05, 3.63) is 41.4 Å². The number of amides is 2. The highest BCUT2D eigenvalue weighted by molar-refractivity contribution is 7.18. The Bertz CT molecular complexity index is 853. The van der Waals surface area contributed by atoms with Crippen molar-refractivity contribution in [2.45, 2.75) is 25.7 Å². The number of rotatable bonds is 3. The maximum Gasteiger partial charge on any atom is 0.409 e. The normalized spacial score (nSPS) is 22.5. The molecule has 0 unspecified atom stereocenters. The molecule has 2 amide bonds. The Balaban J connectivity index is 1.47. The van der Waals surface area contributed by atoms with Crippen LogP contribution in [-0.4, -0.2) is 59.6 Å². The van der Waals surface area contributed by atoms with Gasteiger partial charge in [0.15, 0.2) is 0 Å². The minimum Gasteiger partial charge on any atom is -0.450 e. The van der Waals surface area contributed by atoms with Gasteiger partial charge in [0.1, 0.15) is 0 Å². The molecular formula is C21H25N3O3S. The fraction of sp³-hybridized carbons (Fsp3) is 0.476. The Morgan fingerprint density at radius 3 is 2.57 bits per heavy atom. The van der Waals surface area contributed by atoms with Gasteiger partial charge < -0.3 is 14.5 Å². The number of hydrogen-bond acceptors (Lipinski definition) is 5. The SMILES string of the molecule is CCOC(=O)N1CCN(C(=O)[C@@H]2CC=CC[C@H]2c2nc3ccccc3s2)CC1. The monoisotopic (exact) mass is 399 g/mol. The minimum absolute atomic E-state index is 0.0836. The predicted molar refractivity (Wildman–Crippen MR) is 109 cm³/mol. The Kier molecular flexibility index (Phi) is 5.62.